The zero-order valence-corrected chi connectivity index (χ0v) is 15.9. The van der Waals surface area contributed by atoms with Gasteiger partial charge in [0.15, 0.2) is 9.84 Å². The smallest absolute Gasteiger partial charge is 0.254 e. The SMILES string of the molecule is CCOc1cccc(C(=O)N(Cc2ccc(F)cc2)[C@H]2CCS(=O)(=O)C2)c1. The third-order valence-electron chi connectivity index (χ3n) is 4.57. The van der Waals surface area contributed by atoms with Crippen molar-refractivity contribution in [2.24, 2.45) is 0 Å². The summed E-state index contributed by atoms with van der Waals surface area (Å²) in [5.41, 5.74) is 1.18. The summed E-state index contributed by atoms with van der Waals surface area (Å²) in [5.74, 6) is -0.00818. The van der Waals surface area contributed by atoms with Gasteiger partial charge in [-0.2, -0.15) is 0 Å². The van der Waals surface area contributed by atoms with E-state index in [1.54, 1.807) is 41.3 Å². The zero-order chi connectivity index (χ0) is 19.4. The van der Waals surface area contributed by atoms with Gasteiger partial charge in [0.1, 0.15) is 11.6 Å². The van der Waals surface area contributed by atoms with Crippen molar-refractivity contribution < 1.29 is 22.3 Å². The molecule has 1 amide bonds. The fraction of sp³-hybridized carbons (Fsp3) is 0.350. The van der Waals surface area contributed by atoms with Crippen LogP contribution in [0.2, 0.25) is 0 Å². The molecule has 0 aliphatic carbocycles. The first-order chi connectivity index (χ1) is 12.9. The molecular weight excluding hydrogens is 369 g/mol. The lowest BCUT2D eigenvalue weighted by Gasteiger charge is -2.28. The van der Waals surface area contributed by atoms with E-state index in [9.17, 15) is 17.6 Å². The van der Waals surface area contributed by atoms with Crippen LogP contribution < -0.4 is 4.74 Å². The van der Waals surface area contributed by atoms with Gasteiger partial charge in [0.05, 0.1) is 18.1 Å². The molecule has 0 saturated carbocycles. The number of carbonyl (C=O) groups is 1. The molecule has 2 aromatic rings. The maximum Gasteiger partial charge on any atom is 0.254 e. The van der Waals surface area contributed by atoms with Crippen molar-refractivity contribution in [3.63, 3.8) is 0 Å². The fourth-order valence-corrected chi connectivity index (χ4v) is 4.96. The first-order valence-electron chi connectivity index (χ1n) is 8.86. The molecule has 1 fully saturated rings. The lowest BCUT2D eigenvalue weighted by atomic mass is 10.1. The van der Waals surface area contributed by atoms with Crippen LogP contribution in [0.3, 0.4) is 0 Å². The van der Waals surface area contributed by atoms with Crippen LogP contribution >= 0.6 is 0 Å². The van der Waals surface area contributed by atoms with Crippen LogP contribution in [0, 0.1) is 5.82 Å². The van der Waals surface area contributed by atoms with Gasteiger partial charge in [-0.05, 0) is 49.2 Å². The van der Waals surface area contributed by atoms with Crippen LogP contribution in [0.1, 0.15) is 29.3 Å². The van der Waals surface area contributed by atoms with Gasteiger partial charge in [-0.1, -0.05) is 18.2 Å². The summed E-state index contributed by atoms with van der Waals surface area (Å²) in [4.78, 5) is 14.7. The first kappa shape index (κ1) is 19.4. The van der Waals surface area contributed by atoms with Crippen LogP contribution in [-0.4, -0.2) is 43.4 Å². The minimum Gasteiger partial charge on any atom is -0.494 e. The highest BCUT2D eigenvalue weighted by Gasteiger charge is 2.35. The van der Waals surface area contributed by atoms with E-state index < -0.39 is 15.9 Å². The lowest BCUT2D eigenvalue weighted by molar-refractivity contribution is 0.0680. The van der Waals surface area contributed by atoms with E-state index in [0.717, 1.165) is 5.56 Å². The average Bonchev–Trinajstić information content (AvgIpc) is 3.01. The van der Waals surface area contributed by atoms with Crippen molar-refractivity contribution >= 4 is 15.7 Å². The van der Waals surface area contributed by atoms with Crippen LogP contribution in [-0.2, 0) is 16.4 Å². The van der Waals surface area contributed by atoms with Crippen molar-refractivity contribution in [3.05, 3.63) is 65.5 Å². The summed E-state index contributed by atoms with van der Waals surface area (Å²) in [6.07, 6.45) is 0.403. The number of halogens is 1. The molecule has 3 rings (SSSR count). The molecule has 1 aliphatic rings. The second-order valence-electron chi connectivity index (χ2n) is 6.58. The molecule has 1 saturated heterocycles. The Hall–Kier alpha value is -2.41. The van der Waals surface area contributed by atoms with Crippen molar-refractivity contribution in [2.45, 2.75) is 25.9 Å². The largest absolute Gasteiger partial charge is 0.494 e. The number of nitrogens with zero attached hydrogens (tertiary/aromatic N) is 1. The van der Waals surface area contributed by atoms with Crippen molar-refractivity contribution in [3.8, 4) is 5.75 Å². The van der Waals surface area contributed by atoms with Crippen LogP contribution in [0.5, 0.6) is 5.75 Å². The highest BCUT2D eigenvalue weighted by atomic mass is 32.2. The Morgan fingerprint density at radius 1 is 1.22 bits per heavy atom. The zero-order valence-electron chi connectivity index (χ0n) is 15.1. The van der Waals surface area contributed by atoms with E-state index in [1.807, 2.05) is 6.92 Å². The van der Waals surface area contributed by atoms with Gasteiger partial charge < -0.3 is 9.64 Å². The van der Waals surface area contributed by atoms with Crippen molar-refractivity contribution in [1.82, 2.24) is 4.90 Å². The number of amides is 1. The summed E-state index contributed by atoms with van der Waals surface area (Å²) >= 11 is 0. The molecule has 5 nitrogen and oxygen atoms in total. The minimum absolute atomic E-state index is 0.0505. The fourth-order valence-electron chi connectivity index (χ4n) is 3.23. The maximum atomic E-state index is 13.2. The van der Waals surface area contributed by atoms with Gasteiger partial charge in [-0.15, -0.1) is 0 Å². The Balaban J connectivity index is 1.89. The molecule has 0 unspecified atom stereocenters. The molecule has 1 atom stereocenters. The highest BCUT2D eigenvalue weighted by Crippen LogP contribution is 2.24. The summed E-state index contributed by atoms with van der Waals surface area (Å²) in [6, 6.07) is 12.3. The number of hydrogen-bond donors (Lipinski definition) is 0. The number of rotatable bonds is 6. The quantitative estimate of drug-likeness (QED) is 0.759. The summed E-state index contributed by atoms with van der Waals surface area (Å²) in [5, 5.41) is 0. The molecule has 0 spiro atoms. The van der Waals surface area contributed by atoms with Gasteiger partial charge in [0.2, 0.25) is 0 Å². The molecular formula is C20H22FNO4S. The van der Waals surface area contributed by atoms with Crippen LogP contribution in [0.25, 0.3) is 0 Å². The molecule has 0 bridgehead atoms. The molecule has 0 N–H and O–H groups in total. The van der Waals surface area contributed by atoms with E-state index in [1.165, 1.54) is 12.1 Å². The second kappa shape index (κ2) is 8.08. The molecule has 2 aromatic carbocycles. The Bertz CT molecular complexity index is 912. The van der Waals surface area contributed by atoms with E-state index >= 15 is 0 Å². The van der Waals surface area contributed by atoms with Crippen LogP contribution in [0.4, 0.5) is 4.39 Å². The number of carbonyl (C=O) groups excluding carboxylic acids is 1. The predicted molar refractivity (Wildman–Crippen MR) is 101 cm³/mol. The standard InChI is InChI=1S/C20H22FNO4S/c1-2-26-19-5-3-4-16(12-19)20(23)22(18-10-11-27(24,25)14-18)13-15-6-8-17(21)9-7-15/h3-9,12,18H,2,10-11,13-14H2,1H3/t18-/m0/s1. The molecule has 27 heavy (non-hydrogen) atoms. The van der Waals surface area contributed by atoms with E-state index in [2.05, 4.69) is 0 Å². The van der Waals surface area contributed by atoms with Gasteiger partial charge >= 0.3 is 0 Å². The summed E-state index contributed by atoms with van der Waals surface area (Å²) in [6.45, 7) is 2.56. The Kier molecular flexibility index (Phi) is 5.79. The third-order valence-corrected chi connectivity index (χ3v) is 6.32. The third kappa shape index (κ3) is 4.86. The molecule has 144 valence electrons. The number of benzene rings is 2. The monoisotopic (exact) mass is 391 g/mol. The first-order valence-corrected chi connectivity index (χ1v) is 10.7. The number of hydrogen-bond acceptors (Lipinski definition) is 4. The minimum atomic E-state index is -3.15. The molecule has 0 aromatic heterocycles. The lowest BCUT2D eigenvalue weighted by Crippen LogP contribution is -2.40. The topological polar surface area (TPSA) is 63.7 Å². The molecule has 7 heteroatoms. The Morgan fingerprint density at radius 3 is 2.59 bits per heavy atom. The molecule has 1 heterocycles. The van der Waals surface area contributed by atoms with E-state index in [4.69, 9.17) is 4.74 Å². The number of ether oxygens (including phenoxy) is 1. The number of sulfone groups is 1. The van der Waals surface area contributed by atoms with Gasteiger partial charge in [0, 0.05) is 18.2 Å². The van der Waals surface area contributed by atoms with E-state index in [0.29, 0.717) is 24.3 Å². The van der Waals surface area contributed by atoms with Gasteiger partial charge in [-0.3, -0.25) is 4.79 Å². The van der Waals surface area contributed by atoms with E-state index in [-0.39, 0.29) is 29.8 Å². The summed E-state index contributed by atoms with van der Waals surface area (Å²) < 4.78 is 42.5. The Morgan fingerprint density at radius 2 is 1.96 bits per heavy atom. The summed E-state index contributed by atoms with van der Waals surface area (Å²) in [7, 11) is -3.15. The van der Waals surface area contributed by atoms with Crippen LogP contribution in [0.15, 0.2) is 48.5 Å². The van der Waals surface area contributed by atoms with Gasteiger partial charge in [0.25, 0.3) is 5.91 Å². The van der Waals surface area contributed by atoms with Gasteiger partial charge in [-0.25, -0.2) is 12.8 Å². The molecule has 0 radical (unpaired) electrons. The highest BCUT2D eigenvalue weighted by molar-refractivity contribution is 7.91. The average molecular weight is 391 g/mol. The van der Waals surface area contributed by atoms with Crippen molar-refractivity contribution in [2.75, 3.05) is 18.1 Å². The predicted octanol–water partition coefficient (Wildman–Crippen LogP) is 3.05. The van der Waals surface area contributed by atoms with Crippen molar-refractivity contribution in [1.29, 1.82) is 0 Å². The Labute approximate surface area is 158 Å². The molecule has 1 aliphatic heterocycles. The normalized spacial score (nSPS) is 18.2. The second-order valence-corrected chi connectivity index (χ2v) is 8.81. The maximum absolute atomic E-state index is 13.2.